The molecule has 0 bridgehead atoms. The van der Waals surface area contributed by atoms with Crippen molar-refractivity contribution in [1.82, 2.24) is 0 Å². The number of benzene rings is 1. The quantitative estimate of drug-likeness (QED) is 0.509. The van der Waals surface area contributed by atoms with Crippen molar-refractivity contribution in [2.75, 3.05) is 25.7 Å². The Morgan fingerprint density at radius 3 is 2.19 bits per heavy atom. The van der Waals surface area contributed by atoms with Gasteiger partial charge in [0.05, 0.1) is 29.7 Å². The second-order valence-corrected chi connectivity index (χ2v) is 8.43. The predicted molar refractivity (Wildman–Crippen MR) is 105 cm³/mol. The third-order valence-corrected chi connectivity index (χ3v) is 6.89. The van der Waals surface area contributed by atoms with E-state index in [9.17, 15) is 14.4 Å². The molecule has 1 amide bonds. The molecule has 3 rings (SSSR count). The highest BCUT2D eigenvalue weighted by atomic mass is 79.9. The second kappa shape index (κ2) is 7.50. The van der Waals surface area contributed by atoms with Gasteiger partial charge in [0.25, 0.3) is 5.91 Å². The number of methoxy groups -OCH3 is 2. The summed E-state index contributed by atoms with van der Waals surface area (Å²) in [5.41, 5.74) is 2.03. The summed E-state index contributed by atoms with van der Waals surface area (Å²) in [5.74, 6) is -1.43. The predicted octanol–water partition coefficient (Wildman–Crippen LogP) is 3.52. The van der Waals surface area contributed by atoms with Crippen molar-refractivity contribution in [2.24, 2.45) is 0 Å². The first-order valence-electron chi connectivity index (χ1n) is 7.55. The number of anilines is 1. The molecule has 0 N–H and O–H groups in total. The summed E-state index contributed by atoms with van der Waals surface area (Å²) in [6.45, 7) is 2.41. The van der Waals surface area contributed by atoms with Crippen LogP contribution in [0.4, 0.5) is 5.69 Å². The van der Waals surface area contributed by atoms with Gasteiger partial charge in [-0.25, -0.2) is 9.59 Å². The summed E-state index contributed by atoms with van der Waals surface area (Å²) in [4.78, 5) is 39.0. The van der Waals surface area contributed by atoms with Gasteiger partial charge in [-0.15, -0.1) is 0 Å². The number of fused-ring (bicyclic) bond motifs is 1. The molecule has 0 unspecified atom stereocenters. The molecule has 0 saturated carbocycles. The molecule has 0 radical (unpaired) electrons. The third kappa shape index (κ3) is 3.08. The number of rotatable bonds is 3. The molecule has 6 nitrogen and oxygen atoms in total. The van der Waals surface area contributed by atoms with Crippen molar-refractivity contribution >= 4 is 68.6 Å². The molecule has 0 atom stereocenters. The summed E-state index contributed by atoms with van der Waals surface area (Å²) in [6, 6.07) is 5.60. The number of thioether (sulfide) groups is 2. The number of ether oxygens (including phenoxy) is 2. The summed E-state index contributed by atoms with van der Waals surface area (Å²) < 4.78 is 10.9. The molecule has 0 saturated heterocycles. The maximum Gasteiger partial charge on any atom is 0.346 e. The van der Waals surface area contributed by atoms with Gasteiger partial charge in [0, 0.05) is 16.6 Å². The van der Waals surface area contributed by atoms with Crippen LogP contribution in [0.15, 0.2) is 36.7 Å². The maximum atomic E-state index is 13.0. The Kier molecular flexibility index (Phi) is 5.50. The minimum atomic E-state index is -0.634. The van der Waals surface area contributed by atoms with Crippen LogP contribution in [0.3, 0.4) is 0 Å². The van der Waals surface area contributed by atoms with Crippen LogP contribution >= 0.6 is 39.5 Å². The first-order chi connectivity index (χ1) is 12.4. The van der Waals surface area contributed by atoms with E-state index in [1.165, 1.54) is 14.2 Å². The van der Waals surface area contributed by atoms with Crippen molar-refractivity contribution in [3.63, 3.8) is 0 Å². The van der Waals surface area contributed by atoms with Crippen LogP contribution in [0.1, 0.15) is 12.5 Å². The summed E-state index contributed by atoms with van der Waals surface area (Å²) in [7, 11) is 2.49. The summed E-state index contributed by atoms with van der Waals surface area (Å²) in [5, 5.41) is 0. The van der Waals surface area contributed by atoms with Crippen LogP contribution in [-0.4, -0.2) is 38.6 Å². The Labute approximate surface area is 167 Å². The minimum Gasteiger partial charge on any atom is -0.465 e. The number of nitrogens with zero attached hydrogens (tertiary/aromatic N) is 1. The molecular formula is C17H14BrNO5S2. The first-order valence-corrected chi connectivity index (χ1v) is 9.98. The molecule has 0 spiro atoms. The summed E-state index contributed by atoms with van der Waals surface area (Å²) >= 11 is 5.56. The van der Waals surface area contributed by atoms with Gasteiger partial charge in [-0.1, -0.05) is 39.5 Å². The van der Waals surface area contributed by atoms with E-state index in [-0.39, 0.29) is 15.7 Å². The van der Waals surface area contributed by atoms with E-state index < -0.39 is 11.9 Å². The van der Waals surface area contributed by atoms with Gasteiger partial charge in [-0.2, -0.15) is 0 Å². The fraction of sp³-hybridized carbons (Fsp3) is 0.235. The lowest BCUT2D eigenvalue weighted by atomic mass is 10.1. The fourth-order valence-electron chi connectivity index (χ4n) is 2.67. The van der Waals surface area contributed by atoms with Crippen LogP contribution in [0.25, 0.3) is 5.57 Å². The molecule has 1 aromatic carbocycles. The molecule has 2 aliphatic heterocycles. The van der Waals surface area contributed by atoms with E-state index >= 15 is 0 Å². The Balaban J connectivity index is 2.13. The molecule has 1 aromatic rings. The highest BCUT2D eigenvalue weighted by molar-refractivity contribution is 9.10. The van der Waals surface area contributed by atoms with Crippen molar-refractivity contribution < 1.29 is 23.9 Å². The van der Waals surface area contributed by atoms with E-state index in [4.69, 9.17) is 9.47 Å². The molecule has 9 heteroatoms. The number of hydrogen-bond donors (Lipinski definition) is 0. The highest BCUT2D eigenvalue weighted by Gasteiger charge is 2.40. The molecule has 0 aliphatic carbocycles. The van der Waals surface area contributed by atoms with Gasteiger partial charge in [0.1, 0.15) is 9.81 Å². The van der Waals surface area contributed by atoms with Crippen molar-refractivity contribution in [1.29, 1.82) is 0 Å². The number of carbonyl (C=O) groups excluding carboxylic acids is 3. The smallest absolute Gasteiger partial charge is 0.346 e. The largest absolute Gasteiger partial charge is 0.465 e. The van der Waals surface area contributed by atoms with E-state index in [1.807, 2.05) is 25.1 Å². The number of esters is 2. The first kappa shape index (κ1) is 19.1. The van der Waals surface area contributed by atoms with E-state index in [1.54, 1.807) is 4.90 Å². The Morgan fingerprint density at radius 1 is 1.12 bits per heavy atom. The molecule has 136 valence electrons. The van der Waals surface area contributed by atoms with E-state index in [2.05, 4.69) is 15.9 Å². The highest BCUT2D eigenvalue weighted by Crippen LogP contribution is 2.55. The third-order valence-electron chi connectivity index (χ3n) is 3.84. The standard InChI is InChI=1S/C17H14BrNO5S2/c1-4-19-10-6-5-8(18)7-9(10)11(14(19)20)17-25-12(15(21)23-2)13(26-17)16(22)24-3/h5-7H,4H2,1-3H3. The van der Waals surface area contributed by atoms with Crippen LogP contribution in [0.5, 0.6) is 0 Å². The SMILES string of the molecule is CCN1C(=O)C(=C2SC(C(=O)OC)=C(C(=O)OC)S2)c2cc(Br)ccc21. The van der Waals surface area contributed by atoms with E-state index in [0.29, 0.717) is 16.4 Å². The molecule has 0 fully saturated rings. The number of halogens is 1. The van der Waals surface area contributed by atoms with Gasteiger partial charge in [-0.05, 0) is 25.1 Å². The molecule has 2 heterocycles. The Bertz CT molecular complexity index is 863. The Hall–Kier alpha value is -1.71. The van der Waals surface area contributed by atoms with Gasteiger partial charge in [0.2, 0.25) is 0 Å². The zero-order valence-corrected chi connectivity index (χ0v) is 17.3. The van der Waals surface area contributed by atoms with Crippen LogP contribution in [-0.2, 0) is 23.9 Å². The lowest BCUT2D eigenvalue weighted by molar-refractivity contribution is -0.138. The average molecular weight is 456 g/mol. The van der Waals surface area contributed by atoms with Crippen molar-refractivity contribution in [3.8, 4) is 0 Å². The van der Waals surface area contributed by atoms with E-state index in [0.717, 1.165) is 39.2 Å². The zero-order chi connectivity index (χ0) is 19.0. The summed E-state index contributed by atoms with van der Waals surface area (Å²) in [6.07, 6.45) is 0. The van der Waals surface area contributed by atoms with Gasteiger partial charge >= 0.3 is 11.9 Å². The molecule has 0 aromatic heterocycles. The Morgan fingerprint density at radius 2 is 1.69 bits per heavy atom. The topological polar surface area (TPSA) is 72.9 Å². The van der Waals surface area contributed by atoms with Crippen molar-refractivity contribution in [2.45, 2.75) is 6.92 Å². The van der Waals surface area contributed by atoms with Crippen LogP contribution < -0.4 is 4.90 Å². The normalized spacial score (nSPS) is 16.3. The number of likely N-dealkylation sites (N-methyl/N-ethyl adjacent to an activating group) is 1. The van der Waals surface area contributed by atoms with Gasteiger partial charge in [-0.3, -0.25) is 4.79 Å². The fourth-order valence-corrected chi connectivity index (χ4v) is 5.60. The van der Waals surface area contributed by atoms with Gasteiger partial charge < -0.3 is 14.4 Å². The maximum absolute atomic E-state index is 13.0. The van der Waals surface area contributed by atoms with Crippen LogP contribution in [0, 0.1) is 0 Å². The lowest BCUT2D eigenvalue weighted by Crippen LogP contribution is -2.25. The molecule has 2 aliphatic rings. The zero-order valence-electron chi connectivity index (χ0n) is 14.1. The monoisotopic (exact) mass is 455 g/mol. The average Bonchev–Trinajstić information content (AvgIpc) is 3.18. The van der Waals surface area contributed by atoms with Crippen LogP contribution in [0.2, 0.25) is 0 Å². The second-order valence-electron chi connectivity index (χ2n) is 5.22. The lowest BCUT2D eigenvalue weighted by Gasteiger charge is -2.13. The van der Waals surface area contributed by atoms with Gasteiger partial charge in [0.15, 0.2) is 0 Å². The minimum absolute atomic E-state index is 0.131. The number of carbonyl (C=O) groups is 3. The number of amides is 1. The molecular weight excluding hydrogens is 442 g/mol. The van der Waals surface area contributed by atoms with Crippen molar-refractivity contribution in [3.05, 3.63) is 42.3 Å². The number of hydrogen-bond acceptors (Lipinski definition) is 7. The molecule has 26 heavy (non-hydrogen) atoms.